The van der Waals surface area contributed by atoms with Crippen LogP contribution < -0.4 is 20.1 Å². The molecule has 0 atom stereocenters. The molecule has 122 valence electrons. The van der Waals surface area contributed by atoms with Crippen molar-refractivity contribution in [2.75, 3.05) is 26.1 Å². The summed E-state index contributed by atoms with van der Waals surface area (Å²) in [6, 6.07) is 7.32. The monoisotopic (exact) mass is 352 g/mol. The van der Waals surface area contributed by atoms with Gasteiger partial charge in [0.2, 0.25) is 0 Å². The molecule has 0 unspecified atom stereocenters. The highest BCUT2D eigenvalue weighted by atomic mass is 35.5. The lowest BCUT2D eigenvalue weighted by Crippen LogP contribution is -2.30. The second kappa shape index (κ2) is 8.50. The van der Waals surface area contributed by atoms with Crippen molar-refractivity contribution in [3.05, 3.63) is 41.0 Å². The first kappa shape index (κ1) is 17.2. The second-order valence-corrected chi connectivity index (χ2v) is 5.32. The zero-order valence-electron chi connectivity index (χ0n) is 12.8. The Kier molecular flexibility index (Phi) is 6.37. The summed E-state index contributed by atoms with van der Waals surface area (Å²) >= 11 is 11.2. The van der Waals surface area contributed by atoms with Gasteiger partial charge in [0.25, 0.3) is 0 Å². The molecule has 8 heteroatoms. The Hall–Kier alpha value is -2.12. The van der Waals surface area contributed by atoms with Crippen LogP contribution in [0.1, 0.15) is 5.56 Å². The van der Waals surface area contributed by atoms with Gasteiger partial charge in [-0.25, -0.2) is 0 Å². The molecule has 0 saturated carbocycles. The number of nitrogens with one attached hydrogen (secondary N) is 2. The highest BCUT2D eigenvalue weighted by Crippen LogP contribution is 2.28. The predicted molar refractivity (Wildman–Crippen MR) is 94.5 cm³/mol. The number of methoxy groups -OCH3 is 2. The van der Waals surface area contributed by atoms with Crippen molar-refractivity contribution in [3.63, 3.8) is 0 Å². The summed E-state index contributed by atoms with van der Waals surface area (Å²) in [4.78, 5) is 0. The zero-order valence-corrected chi connectivity index (χ0v) is 14.4. The first-order valence-electron chi connectivity index (χ1n) is 6.87. The number of benzene rings is 1. The molecule has 0 aliphatic rings. The fourth-order valence-electron chi connectivity index (χ4n) is 2.03. The highest BCUT2D eigenvalue weighted by molar-refractivity contribution is 7.80. The van der Waals surface area contributed by atoms with Crippen LogP contribution in [0, 0.1) is 0 Å². The molecule has 0 fully saturated rings. The lowest BCUT2D eigenvalue weighted by atomic mass is 10.1. The molecule has 2 rings (SSSR count). The minimum absolute atomic E-state index is 0.418. The van der Waals surface area contributed by atoms with Gasteiger partial charge in [-0.15, -0.1) is 5.10 Å². The molecule has 2 N–H and O–H groups in total. The summed E-state index contributed by atoms with van der Waals surface area (Å²) in [7, 11) is 3.27. The Balaban J connectivity index is 1.92. The van der Waals surface area contributed by atoms with Crippen molar-refractivity contribution >= 4 is 34.7 Å². The van der Waals surface area contributed by atoms with Crippen molar-refractivity contribution in [1.29, 1.82) is 0 Å². The van der Waals surface area contributed by atoms with E-state index in [9.17, 15) is 0 Å². The van der Waals surface area contributed by atoms with Gasteiger partial charge in [-0.1, -0.05) is 17.7 Å². The molecule has 2 aromatic rings. The van der Waals surface area contributed by atoms with Crippen LogP contribution in [0.25, 0.3) is 0 Å². The zero-order chi connectivity index (χ0) is 16.7. The molecule has 0 aliphatic carbocycles. The normalized spacial score (nSPS) is 10.0. The predicted octanol–water partition coefficient (Wildman–Crippen LogP) is 2.68. The maximum atomic E-state index is 5.99. The van der Waals surface area contributed by atoms with Crippen LogP contribution in [0.5, 0.6) is 11.5 Å². The maximum Gasteiger partial charge on any atom is 0.173 e. The van der Waals surface area contributed by atoms with Crippen molar-refractivity contribution in [2.45, 2.75) is 6.42 Å². The minimum atomic E-state index is 0.418. The number of halogens is 1. The summed E-state index contributed by atoms with van der Waals surface area (Å²) in [5.74, 6) is 1.98. The van der Waals surface area contributed by atoms with Gasteiger partial charge >= 0.3 is 0 Å². The summed E-state index contributed by atoms with van der Waals surface area (Å²) in [5.41, 5.74) is 0.977. The molecule has 1 aromatic carbocycles. The van der Waals surface area contributed by atoms with Gasteiger partial charge in [-0.2, -0.15) is 5.10 Å². The van der Waals surface area contributed by atoms with Gasteiger partial charge in [0, 0.05) is 12.1 Å². The van der Waals surface area contributed by atoms with Crippen molar-refractivity contribution in [2.24, 2.45) is 0 Å². The first-order valence-corrected chi connectivity index (χ1v) is 7.66. The Labute approximate surface area is 145 Å². The van der Waals surface area contributed by atoms with Gasteiger partial charge < -0.3 is 20.1 Å². The summed E-state index contributed by atoms with van der Waals surface area (Å²) < 4.78 is 10.7. The third-order valence-electron chi connectivity index (χ3n) is 3.09. The fourth-order valence-corrected chi connectivity index (χ4v) is 2.37. The van der Waals surface area contributed by atoms with E-state index in [0.29, 0.717) is 28.9 Å². The van der Waals surface area contributed by atoms with Crippen LogP contribution in [-0.2, 0) is 6.42 Å². The molecule has 0 bridgehead atoms. The van der Waals surface area contributed by atoms with Crippen molar-refractivity contribution in [3.8, 4) is 11.5 Å². The number of aromatic nitrogens is 2. The van der Waals surface area contributed by atoms with E-state index in [1.165, 1.54) is 6.20 Å². The largest absolute Gasteiger partial charge is 0.496 e. The molecule has 23 heavy (non-hydrogen) atoms. The van der Waals surface area contributed by atoms with E-state index in [0.717, 1.165) is 17.1 Å². The van der Waals surface area contributed by atoms with E-state index in [1.54, 1.807) is 20.3 Å². The third kappa shape index (κ3) is 4.67. The van der Waals surface area contributed by atoms with Crippen LogP contribution in [0.15, 0.2) is 30.5 Å². The van der Waals surface area contributed by atoms with E-state index in [-0.39, 0.29) is 0 Å². The van der Waals surface area contributed by atoms with E-state index >= 15 is 0 Å². The standard InChI is InChI=1S/C15H17ClN4O2S/c1-21-12-4-3-5-13(22-2)10(12)6-8-17-15(23)19-14-11(16)7-9-18-20-14/h3-5,7,9H,6,8H2,1-2H3,(H2,17,19,20,23). The Morgan fingerprint density at radius 3 is 2.52 bits per heavy atom. The van der Waals surface area contributed by atoms with Crippen LogP contribution in [0.4, 0.5) is 5.82 Å². The van der Waals surface area contributed by atoms with Gasteiger partial charge in [-0.3, -0.25) is 0 Å². The SMILES string of the molecule is COc1cccc(OC)c1CCNC(=S)Nc1nnccc1Cl. The third-order valence-corrected chi connectivity index (χ3v) is 3.65. The molecular weight excluding hydrogens is 336 g/mol. The number of anilines is 1. The lowest BCUT2D eigenvalue weighted by molar-refractivity contribution is 0.385. The van der Waals surface area contributed by atoms with Crippen molar-refractivity contribution in [1.82, 2.24) is 15.5 Å². The maximum absolute atomic E-state index is 5.99. The Bertz CT molecular complexity index is 662. The molecule has 0 amide bonds. The van der Waals surface area contributed by atoms with E-state index in [2.05, 4.69) is 20.8 Å². The molecule has 0 aliphatic heterocycles. The Morgan fingerprint density at radius 2 is 1.91 bits per heavy atom. The minimum Gasteiger partial charge on any atom is -0.496 e. The summed E-state index contributed by atoms with van der Waals surface area (Å²) in [5, 5.41) is 14.5. The Morgan fingerprint density at radius 1 is 1.22 bits per heavy atom. The lowest BCUT2D eigenvalue weighted by Gasteiger charge is -2.14. The molecule has 0 saturated heterocycles. The van der Waals surface area contributed by atoms with Crippen molar-refractivity contribution < 1.29 is 9.47 Å². The van der Waals surface area contributed by atoms with Crippen LogP contribution in [0.2, 0.25) is 5.02 Å². The second-order valence-electron chi connectivity index (χ2n) is 4.50. The first-order chi connectivity index (χ1) is 11.2. The van der Waals surface area contributed by atoms with Crippen LogP contribution in [-0.4, -0.2) is 36.1 Å². The number of rotatable bonds is 6. The number of thiocarbonyl (C=S) groups is 1. The molecule has 1 heterocycles. The number of hydrogen-bond donors (Lipinski definition) is 2. The summed E-state index contributed by atoms with van der Waals surface area (Å²) in [6.45, 7) is 0.598. The average molecular weight is 353 g/mol. The summed E-state index contributed by atoms with van der Waals surface area (Å²) in [6.07, 6.45) is 2.20. The van der Waals surface area contributed by atoms with Gasteiger partial charge in [0.15, 0.2) is 10.9 Å². The van der Waals surface area contributed by atoms with E-state index in [4.69, 9.17) is 33.3 Å². The fraction of sp³-hybridized carbons (Fsp3) is 0.267. The molecule has 1 aromatic heterocycles. The van der Waals surface area contributed by atoms with Gasteiger partial charge in [0.05, 0.1) is 25.4 Å². The van der Waals surface area contributed by atoms with Crippen LogP contribution in [0.3, 0.4) is 0 Å². The van der Waals surface area contributed by atoms with E-state index < -0.39 is 0 Å². The topological polar surface area (TPSA) is 68.3 Å². The number of ether oxygens (including phenoxy) is 2. The number of hydrogen-bond acceptors (Lipinski definition) is 5. The van der Waals surface area contributed by atoms with Crippen LogP contribution >= 0.6 is 23.8 Å². The molecule has 0 spiro atoms. The van der Waals surface area contributed by atoms with Gasteiger partial charge in [0.1, 0.15) is 11.5 Å². The number of nitrogens with zero attached hydrogens (tertiary/aromatic N) is 2. The quantitative estimate of drug-likeness (QED) is 0.774. The highest BCUT2D eigenvalue weighted by Gasteiger charge is 2.10. The smallest absolute Gasteiger partial charge is 0.173 e. The molecular formula is C15H17ClN4O2S. The molecule has 6 nitrogen and oxygen atoms in total. The van der Waals surface area contributed by atoms with E-state index in [1.807, 2.05) is 18.2 Å². The average Bonchev–Trinajstić information content (AvgIpc) is 2.57. The molecule has 0 radical (unpaired) electrons. The van der Waals surface area contributed by atoms with Gasteiger partial charge in [-0.05, 0) is 36.8 Å².